The van der Waals surface area contributed by atoms with E-state index in [2.05, 4.69) is 4.99 Å². The molecular formula is C14H9N3O3. The normalized spacial score (nSPS) is 10.3. The number of nitrogens with zero attached hydrogens (tertiary/aromatic N) is 3. The number of nitro benzene ring substituents is 1. The average molecular weight is 267 g/mol. The van der Waals surface area contributed by atoms with Crippen LogP contribution in [0.25, 0.3) is 0 Å². The summed E-state index contributed by atoms with van der Waals surface area (Å²) in [6.45, 7) is 0. The van der Waals surface area contributed by atoms with E-state index in [1.807, 2.05) is 6.07 Å². The van der Waals surface area contributed by atoms with Crippen LogP contribution >= 0.6 is 0 Å². The summed E-state index contributed by atoms with van der Waals surface area (Å²) < 4.78 is 0. The van der Waals surface area contributed by atoms with Crippen molar-refractivity contribution in [3.8, 4) is 11.8 Å². The summed E-state index contributed by atoms with van der Waals surface area (Å²) in [4.78, 5) is 14.2. The molecule has 0 aliphatic carbocycles. The molecule has 1 N–H and O–H groups in total. The van der Waals surface area contributed by atoms with Crippen LogP contribution in [0.15, 0.2) is 47.5 Å². The lowest BCUT2D eigenvalue weighted by atomic mass is 10.2. The molecule has 2 aromatic rings. The topological polar surface area (TPSA) is 99.5 Å². The van der Waals surface area contributed by atoms with E-state index >= 15 is 0 Å². The van der Waals surface area contributed by atoms with Crippen molar-refractivity contribution in [3.63, 3.8) is 0 Å². The van der Waals surface area contributed by atoms with Gasteiger partial charge < -0.3 is 5.11 Å². The van der Waals surface area contributed by atoms with Gasteiger partial charge in [-0.15, -0.1) is 0 Å². The Kier molecular flexibility index (Phi) is 3.72. The zero-order chi connectivity index (χ0) is 14.5. The number of aromatic hydroxyl groups is 1. The van der Waals surface area contributed by atoms with Crippen molar-refractivity contribution in [1.29, 1.82) is 5.26 Å². The van der Waals surface area contributed by atoms with E-state index in [0.29, 0.717) is 11.3 Å². The third-order valence-corrected chi connectivity index (χ3v) is 2.59. The number of benzene rings is 2. The van der Waals surface area contributed by atoms with E-state index in [-0.39, 0.29) is 17.0 Å². The van der Waals surface area contributed by atoms with Crippen LogP contribution in [-0.4, -0.2) is 16.2 Å². The van der Waals surface area contributed by atoms with Gasteiger partial charge in [0.05, 0.1) is 16.2 Å². The molecule has 0 aliphatic rings. The number of phenolic OH excluding ortho intramolecular Hbond substituents is 1. The van der Waals surface area contributed by atoms with Gasteiger partial charge in [0.25, 0.3) is 5.69 Å². The molecule has 98 valence electrons. The number of nitro groups is 1. The fourth-order valence-corrected chi connectivity index (χ4v) is 1.58. The molecule has 20 heavy (non-hydrogen) atoms. The van der Waals surface area contributed by atoms with E-state index in [1.54, 1.807) is 24.3 Å². The summed E-state index contributed by atoms with van der Waals surface area (Å²) in [6, 6.07) is 12.3. The molecule has 0 atom stereocenters. The molecule has 0 aromatic heterocycles. The third-order valence-electron chi connectivity index (χ3n) is 2.59. The molecule has 0 amide bonds. The molecule has 0 unspecified atom stereocenters. The van der Waals surface area contributed by atoms with Gasteiger partial charge in [0.2, 0.25) is 0 Å². The second-order valence-electron chi connectivity index (χ2n) is 3.89. The van der Waals surface area contributed by atoms with E-state index in [4.69, 9.17) is 5.26 Å². The number of nitriles is 1. The minimum atomic E-state index is -0.556. The predicted molar refractivity (Wildman–Crippen MR) is 73.2 cm³/mol. The van der Waals surface area contributed by atoms with Crippen LogP contribution in [0.1, 0.15) is 11.1 Å². The van der Waals surface area contributed by atoms with E-state index in [1.165, 1.54) is 24.4 Å². The number of hydrogen-bond donors (Lipinski definition) is 1. The van der Waals surface area contributed by atoms with Crippen LogP contribution in [0, 0.1) is 21.4 Å². The highest BCUT2D eigenvalue weighted by Gasteiger charge is 2.08. The lowest BCUT2D eigenvalue weighted by molar-refractivity contribution is -0.384. The zero-order valence-corrected chi connectivity index (χ0v) is 10.2. The van der Waals surface area contributed by atoms with Gasteiger partial charge in [-0.2, -0.15) is 5.26 Å². The molecule has 0 saturated carbocycles. The number of hydrogen-bond acceptors (Lipinski definition) is 5. The fourth-order valence-electron chi connectivity index (χ4n) is 1.58. The Hall–Kier alpha value is -3.20. The summed E-state index contributed by atoms with van der Waals surface area (Å²) >= 11 is 0. The highest BCUT2D eigenvalue weighted by Crippen LogP contribution is 2.23. The molecule has 0 aliphatic heterocycles. The van der Waals surface area contributed by atoms with E-state index in [0.717, 1.165) is 0 Å². The van der Waals surface area contributed by atoms with Crippen LogP contribution in [0.3, 0.4) is 0 Å². The maximum absolute atomic E-state index is 10.7. The maximum atomic E-state index is 10.7. The fraction of sp³-hybridized carbons (Fsp3) is 0. The lowest BCUT2D eigenvalue weighted by Gasteiger charge is -1.99. The quantitative estimate of drug-likeness (QED) is 0.525. The molecule has 2 rings (SSSR count). The second-order valence-corrected chi connectivity index (χ2v) is 3.89. The summed E-state index contributed by atoms with van der Waals surface area (Å²) in [5, 5.41) is 29.2. The third kappa shape index (κ3) is 2.79. The van der Waals surface area contributed by atoms with Crippen molar-refractivity contribution >= 4 is 17.6 Å². The lowest BCUT2D eigenvalue weighted by Crippen LogP contribution is -1.90. The van der Waals surface area contributed by atoms with Gasteiger partial charge in [-0.25, -0.2) is 0 Å². The van der Waals surface area contributed by atoms with E-state index < -0.39 is 4.92 Å². The molecule has 0 saturated heterocycles. The number of para-hydroxylation sites is 1. The molecule has 0 bridgehead atoms. The number of non-ortho nitro benzene ring substituents is 1. The van der Waals surface area contributed by atoms with Gasteiger partial charge in [-0.1, -0.05) is 12.1 Å². The van der Waals surface area contributed by atoms with Gasteiger partial charge >= 0.3 is 0 Å². The second kappa shape index (κ2) is 5.63. The first-order chi connectivity index (χ1) is 9.61. The van der Waals surface area contributed by atoms with E-state index in [9.17, 15) is 15.2 Å². The van der Waals surface area contributed by atoms with Crippen molar-refractivity contribution in [2.75, 3.05) is 0 Å². The van der Waals surface area contributed by atoms with Crippen molar-refractivity contribution in [2.24, 2.45) is 4.99 Å². The molecule has 6 nitrogen and oxygen atoms in total. The van der Waals surface area contributed by atoms with Gasteiger partial charge in [0.15, 0.2) is 0 Å². The minimum Gasteiger partial charge on any atom is -0.507 e. The van der Waals surface area contributed by atoms with Crippen LogP contribution in [-0.2, 0) is 0 Å². The smallest absolute Gasteiger partial charge is 0.270 e. The first-order valence-corrected chi connectivity index (χ1v) is 5.62. The molecule has 6 heteroatoms. The van der Waals surface area contributed by atoms with Gasteiger partial charge in [-0.05, 0) is 18.2 Å². The summed E-state index contributed by atoms with van der Waals surface area (Å²) in [7, 11) is 0. The number of phenols is 1. The standard InChI is InChI=1S/C14H9N3O3/c15-8-10-3-1-2-4-13(10)16-9-11-7-12(17(19)20)5-6-14(11)18/h1-7,9,18H. The van der Waals surface area contributed by atoms with Crippen molar-refractivity contribution in [2.45, 2.75) is 0 Å². The summed E-state index contributed by atoms with van der Waals surface area (Å²) in [6.07, 6.45) is 1.29. The predicted octanol–water partition coefficient (Wildman–Crippen LogP) is 2.92. The molecular weight excluding hydrogens is 258 g/mol. The van der Waals surface area contributed by atoms with Crippen LogP contribution in [0.5, 0.6) is 5.75 Å². The Balaban J connectivity index is 2.39. The van der Waals surface area contributed by atoms with Gasteiger partial charge in [-0.3, -0.25) is 15.1 Å². The SMILES string of the molecule is N#Cc1ccccc1N=Cc1cc([N+](=O)[O-])ccc1O. The first-order valence-electron chi connectivity index (χ1n) is 5.62. The first kappa shape index (κ1) is 13.2. The zero-order valence-electron chi connectivity index (χ0n) is 10.2. The molecule has 0 spiro atoms. The summed E-state index contributed by atoms with van der Waals surface area (Å²) in [5.74, 6) is -0.117. The molecule has 0 fully saturated rings. The highest BCUT2D eigenvalue weighted by atomic mass is 16.6. The van der Waals surface area contributed by atoms with Crippen molar-refractivity contribution < 1.29 is 10.0 Å². The van der Waals surface area contributed by atoms with Crippen molar-refractivity contribution in [3.05, 3.63) is 63.7 Å². The average Bonchev–Trinajstić information content (AvgIpc) is 2.46. The number of aliphatic imine (C=N–C) groups is 1. The maximum Gasteiger partial charge on any atom is 0.270 e. The van der Waals surface area contributed by atoms with Crippen LogP contribution < -0.4 is 0 Å². The Bertz CT molecular complexity index is 733. The largest absolute Gasteiger partial charge is 0.507 e. The minimum absolute atomic E-state index is 0.117. The molecule has 0 radical (unpaired) electrons. The van der Waals surface area contributed by atoms with Crippen molar-refractivity contribution in [1.82, 2.24) is 0 Å². The summed E-state index contributed by atoms with van der Waals surface area (Å²) in [5.41, 5.74) is 0.888. The Labute approximate surface area is 114 Å². The molecule has 0 heterocycles. The monoisotopic (exact) mass is 267 g/mol. The van der Waals surface area contributed by atoms with Crippen LogP contribution in [0.2, 0.25) is 0 Å². The Morgan fingerprint density at radius 2 is 2.05 bits per heavy atom. The molecule has 2 aromatic carbocycles. The Morgan fingerprint density at radius 1 is 1.30 bits per heavy atom. The van der Waals surface area contributed by atoms with Gasteiger partial charge in [0, 0.05) is 23.9 Å². The van der Waals surface area contributed by atoms with Crippen LogP contribution in [0.4, 0.5) is 11.4 Å². The highest BCUT2D eigenvalue weighted by molar-refractivity contribution is 5.86. The number of rotatable bonds is 3. The Morgan fingerprint density at radius 3 is 2.75 bits per heavy atom. The van der Waals surface area contributed by atoms with Gasteiger partial charge in [0.1, 0.15) is 11.8 Å².